The Bertz CT molecular complexity index is 252. The molecule has 0 aliphatic carbocycles. The molecule has 0 spiro atoms. The number of likely N-dealkylation sites (tertiary alicyclic amines) is 1. The van der Waals surface area contributed by atoms with Crippen LogP contribution in [0.4, 0.5) is 4.79 Å². The van der Waals surface area contributed by atoms with Crippen molar-refractivity contribution in [2.24, 2.45) is 5.73 Å². The number of hydrogen-bond donors (Lipinski definition) is 1. The van der Waals surface area contributed by atoms with Crippen LogP contribution in [0.1, 0.15) is 19.8 Å². The van der Waals surface area contributed by atoms with Crippen molar-refractivity contribution >= 4 is 6.09 Å². The summed E-state index contributed by atoms with van der Waals surface area (Å²) in [5.74, 6) is 0. The van der Waals surface area contributed by atoms with Gasteiger partial charge in [0.05, 0.1) is 6.04 Å². The molecule has 2 aliphatic rings. The summed E-state index contributed by atoms with van der Waals surface area (Å²) in [6.07, 6.45) is 1.91. The van der Waals surface area contributed by atoms with Gasteiger partial charge in [-0.25, -0.2) is 4.79 Å². The third-order valence-electron chi connectivity index (χ3n) is 3.67. The third-order valence-corrected chi connectivity index (χ3v) is 3.67. The summed E-state index contributed by atoms with van der Waals surface area (Å²) in [6, 6.07) is 0.414. The van der Waals surface area contributed by atoms with Gasteiger partial charge in [0.15, 0.2) is 0 Å². The molecule has 16 heavy (non-hydrogen) atoms. The third kappa shape index (κ3) is 2.15. The lowest BCUT2D eigenvalue weighted by Gasteiger charge is -2.37. The smallest absolute Gasteiger partial charge is 0.410 e. The van der Waals surface area contributed by atoms with Crippen LogP contribution in [0, 0.1) is 0 Å². The largest absolute Gasteiger partial charge is 0.447 e. The highest BCUT2D eigenvalue weighted by Gasteiger charge is 2.38. The monoisotopic (exact) mass is 227 g/mol. The van der Waals surface area contributed by atoms with Crippen LogP contribution in [-0.2, 0) is 4.74 Å². The Kier molecular flexibility index (Phi) is 3.66. The molecule has 1 atom stereocenters. The maximum Gasteiger partial charge on any atom is 0.410 e. The van der Waals surface area contributed by atoms with Crippen molar-refractivity contribution < 1.29 is 9.53 Å². The first-order chi connectivity index (χ1) is 7.76. The Morgan fingerprint density at radius 2 is 2.12 bits per heavy atom. The molecule has 1 amide bonds. The normalized spacial score (nSPS) is 28.5. The predicted octanol–water partition coefficient (Wildman–Crippen LogP) is 0.250. The zero-order valence-corrected chi connectivity index (χ0v) is 9.89. The van der Waals surface area contributed by atoms with Gasteiger partial charge in [0.25, 0.3) is 0 Å². The number of hydrogen-bond acceptors (Lipinski definition) is 4. The maximum absolute atomic E-state index is 11.6. The summed E-state index contributed by atoms with van der Waals surface area (Å²) in [5, 5.41) is 0. The van der Waals surface area contributed by atoms with E-state index in [1.54, 1.807) is 0 Å². The lowest BCUT2D eigenvalue weighted by molar-refractivity contribution is 0.109. The first kappa shape index (κ1) is 11.7. The highest BCUT2D eigenvalue weighted by molar-refractivity contribution is 5.70. The SMILES string of the molecule is CCN1CCC(N2C(=O)OCC2CN)CC1. The first-order valence-corrected chi connectivity index (χ1v) is 6.13. The molecular formula is C11H21N3O2. The molecule has 2 aliphatic heterocycles. The van der Waals surface area contributed by atoms with Gasteiger partial charge in [0.2, 0.25) is 0 Å². The number of ether oxygens (including phenoxy) is 1. The molecule has 0 saturated carbocycles. The number of cyclic esters (lactones) is 1. The van der Waals surface area contributed by atoms with E-state index in [-0.39, 0.29) is 12.1 Å². The van der Waals surface area contributed by atoms with Gasteiger partial charge in [-0.15, -0.1) is 0 Å². The van der Waals surface area contributed by atoms with Gasteiger partial charge in [0, 0.05) is 25.7 Å². The van der Waals surface area contributed by atoms with E-state index in [1.807, 2.05) is 4.90 Å². The van der Waals surface area contributed by atoms with Crippen molar-refractivity contribution in [2.45, 2.75) is 31.8 Å². The van der Waals surface area contributed by atoms with Crippen molar-refractivity contribution in [2.75, 3.05) is 32.8 Å². The van der Waals surface area contributed by atoms with Crippen LogP contribution in [0.25, 0.3) is 0 Å². The van der Waals surface area contributed by atoms with Crippen molar-refractivity contribution in [3.05, 3.63) is 0 Å². The minimum absolute atomic E-state index is 0.0886. The Balaban J connectivity index is 1.94. The van der Waals surface area contributed by atoms with E-state index in [9.17, 15) is 4.79 Å². The molecule has 92 valence electrons. The maximum atomic E-state index is 11.6. The van der Waals surface area contributed by atoms with Crippen LogP contribution in [0.2, 0.25) is 0 Å². The summed E-state index contributed by atoms with van der Waals surface area (Å²) in [5.41, 5.74) is 5.66. The summed E-state index contributed by atoms with van der Waals surface area (Å²) in [4.78, 5) is 15.9. The minimum atomic E-state index is -0.176. The summed E-state index contributed by atoms with van der Waals surface area (Å²) in [7, 11) is 0. The van der Waals surface area contributed by atoms with Gasteiger partial charge in [0.1, 0.15) is 6.61 Å². The summed E-state index contributed by atoms with van der Waals surface area (Å²) >= 11 is 0. The molecule has 2 fully saturated rings. The van der Waals surface area contributed by atoms with Crippen molar-refractivity contribution in [1.29, 1.82) is 0 Å². The van der Waals surface area contributed by atoms with E-state index >= 15 is 0 Å². The van der Waals surface area contributed by atoms with Crippen molar-refractivity contribution in [3.8, 4) is 0 Å². The molecular weight excluding hydrogens is 206 g/mol. The second-order valence-corrected chi connectivity index (χ2v) is 4.54. The number of rotatable bonds is 3. The lowest BCUT2D eigenvalue weighted by atomic mass is 10.0. The fraction of sp³-hybridized carbons (Fsp3) is 0.909. The molecule has 2 rings (SSSR count). The first-order valence-electron chi connectivity index (χ1n) is 6.13. The van der Waals surface area contributed by atoms with Crippen LogP contribution < -0.4 is 5.73 Å². The van der Waals surface area contributed by atoms with Crippen LogP contribution in [0.3, 0.4) is 0 Å². The van der Waals surface area contributed by atoms with E-state index in [0.717, 1.165) is 32.5 Å². The topological polar surface area (TPSA) is 58.8 Å². The minimum Gasteiger partial charge on any atom is -0.447 e. The molecule has 2 heterocycles. The molecule has 2 N–H and O–H groups in total. The molecule has 0 aromatic heterocycles. The van der Waals surface area contributed by atoms with E-state index < -0.39 is 0 Å². The average Bonchev–Trinajstić information content (AvgIpc) is 2.70. The molecule has 2 saturated heterocycles. The van der Waals surface area contributed by atoms with Crippen molar-refractivity contribution in [1.82, 2.24) is 9.80 Å². The number of amides is 1. The number of piperidine rings is 1. The fourth-order valence-corrected chi connectivity index (χ4v) is 2.61. The van der Waals surface area contributed by atoms with Gasteiger partial charge in [-0.05, 0) is 19.4 Å². The molecule has 0 aromatic rings. The highest BCUT2D eigenvalue weighted by Crippen LogP contribution is 2.23. The standard InChI is InChI=1S/C11H21N3O2/c1-2-13-5-3-9(4-6-13)14-10(7-12)8-16-11(14)15/h9-10H,2-8,12H2,1H3. The Hall–Kier alpha value is -0.810. The van der Waals surface area contributed by atoms with Gasteiger partial charge in [-0.1, -0.05) is 6.92 Å². The van der Waals surface area contributed by atoms with Crippen LogP contribution in [0.15, 0.2) is 0 Å². The molecule has 1 unspecified atom stereocenters. The van der Waals surface area contributed by atoms with Crippen LogP contribution in [-0.4, -0.2) is 60.8 Å². The lowest BCUT2D eigenvalue weighted by Crippen LogP contribution is -2.50. The number of nitrogens with two attached hydrogens (primary N) is 1. The van der Waals surface area contributed by atoms with Gasteiger partial charge in [-0.3, -0.25) is 4.90 Å². The van der Waals surface area contributed by atoms with Gasteiger partial charge >= 0.3 is 6.09 Å². The second kappa shape index (κ2) is 5.01. The second-order valence-electron chi connectivity index (χ2n) is 4.54. The number of nitrogens with zero attached hydrogens (tertiary/aromatic N) is 2. The fourth-order valence-electron chi connectivity index (χ4n) is 2.61. The average molecular weight is 227 g/mol. The molecule has 5 nitrogen and oxygen atoms in total. The van der Waals surface area contributed by atoms with Crippen LogP contribution >= 0.6 is 0 Å². The molecule has 0 aromatic carbocycles. The molecule has 5 heteroatoms. The Labute approximate surface area is 96.5 Å². The summed E-state index contributed by atoms with van der Waals surface area (Å²) < 4.78 is 5.07. The molecule has 0 radical (unpaired) electrons. The summed E-state index contributed by atoms with van der Waals surface area (Å²) in [6.45, 7) is 6.37. The van der Waals surface area contributed by atoms with Gasteiger partial charge in [-0.2, -0.15) is 0 Å². The van der Waals surface area contributed by atoms with E-state index in [0.29, 0.717) is 19.2 Å². The van der Waals surface area contributed by atoms with Gasteiger partial charge < -0.3 is 15.4 Å². The Morgan fingerprint density at radius 1 is 1.44 bits per heavy atom. The van der Waals surface area contributed by atoms with E-state index in [4.69, 9.17) is 10.5 Å². The van der Waals surface area contributed by atoms with Crippen LogP contribution in [0.5, 0.6) is 0 Å². The van der Waals surface area contributed by atoms with E-state index in [2.05, 4.69) is 11.8 Å². The Morgan fingerprint density at radius 3 is 2.69 bits per heavy atom. The number of carbonyl (C=O) groups excluding carboxylic acids is 1. The highest BCUT2D eigenvalue weighted by atomic mass is 16.6. The molecule has 0 bridgehead atoms. The zero-order valence-electron chi connectivity index (χ0n) is 9.89. The quantitative estimate of drug-likeness (QED) is 0.751. The van der Waals surface area contributed by atoms with E-state index in [1.165, 1.54) is 0 Å². The number of carbonyl (C=O) groups is 1. The predicted molar refractivity (Wildman–Crippen MR) is 61.2 cm³/mol. The zero-order chi connectivity index (χ0) is 11.5. The van der Waals surface area contributed by atoms with Crippen molar-refractivity contribution in [3.63, 3.8) is 0 Å².